The Hall–Kier alpha value is -2.08. The lowest BCUT2D eigenvalue weighted by molar-refractivity contribution is 0.0954. The molecular formula is C15H16N2O3S. The van der Waals surface area contributed by atoms with Gasteiger partial charge < -0.3 is 14.8 Å². The Balaban J connectivity index is 1.67. The normalized spacial score (nSPS) is 13.0. The van der Waals surface area contributed by atoms with Crippen molar-refractivity contribution in [2.24, 2.45) is 0 Å². The van der Waals surface area contributed by atoms with Crippen molar-refractivity contribution >= 4 is 17.2 Å². The van der Waals surface area contributed by atoms with Crippen LogP contribution in [0.25, 0.3) is 0 Å². The molecule has 0 radical (unpaired) electrons. The number of rotatable bonds is 3. The molecule has 0 aliphatic carbocycles. The zero-order valence-electron chi connectivity index (χ0n) is 11.9. The maximum Gasteiger partial charge on any atom is 0.263 e. The number of nitrogens with one attached hydrogen (secondary N) is 1. The summed E-state index contributed by atoms with van der Waals surface area (Å²) in [5.41, 5.74) is 1.75. The fourth-order valence-electron chi connectivity index (χ4n) is 2.20. The number of nitrogens with zero attached hydrogens (tertiary/aromatic N) is 1. The molecule has 2 heterocycles. The second kappa shape index (κ2) is 5.73. The van der Waals surface area contributed by atoms with Crippen LogP contribution in [0.4, 0.5) is 0 Å². The Morgan fingerprint density at radius 1 is 1.29 bits per heavy atom. The Morgan fingerprint density at radius 3 is 2.76 bits per heavy atom. The second-order valence-electron chi connectivity index (χ2n) is 4.81. The van der Waals surface area contributed by atoms with Crippen molar-refractivity contribution < 1.29 is 14.3 Å². The van der Waals surface area contributed by atoms with Crippen LogP contribution in [0.15, 0.2) is 18.2 Å². The van der Waals surface area contributed by atoms with E-state index in [1.165, 1.54) is 11.3 Å². The summed E-state index contributed by atoms with van der Waals surface area (Å²) in [7, 11) is 0. The van der Waals surface area contributed by atoms with Crippen molar-refractivity contribution in [1.29, 1.82) is 0 Å². The van der Waals surface area contributed by atoms with Gasteiger partial charge in [-0.05, 0) is 31.5 Å². The van der Waals surface area contributed by atoms with E-state index in [2.05, 4.69) is 10.3 Å². The molecular weight excluding hydrogens is 288 g/mol. The summed E-state index contributed by atoms with van der Waals surface area (Å²) in [6.45, 7) is 5.33. The van der Waals surface area contributed by atoms with E-state index in [9.17, 15) is 4.79 Å². The fourth-order valence-corrected chi connectivity index (χ4v) is 3.04. The molecule has 1 amide bonds. The quantitative estimate of drug-likeness (QED) is 0.946. The molecule has 3 rings (SSSR count). The van der Waals surface area contributed by atoms with Crippen LogP contribution >= 0.6 is 11.3 Å². The van der Waals surface area contributed by atoms with Gasteiger partial charge in [0.1, 0.15) is 18.1 Å². The third-order valence-corrected chi connectivity index (χ3v) is 4.24. The molecule has 5 nitrogen and oxygen atoms in total. The van der Waals surface area contributed by atoms with Crippen molar-refractivity contribution in [3.63, 3.8) is 0 Å². The van der Waals surface area contributed by atoms with Gasteiger partial charge in [0.25, 0.3) is 5.91 Å². The summed E-state index contributed by atoms with van der Waals surface area (Å²) in [6, 6.07) is 5.70. The summed E-state index contributed by atoms with van der Waals surface area (Å²) >= 11 is 1.41. The average Bonchev–Trinajstić information content (AvgIpc) is 2.83. The van der Waals surface area contributed by atoms with Crippen LogP contribution in [-0.4, -0.2) is 24.1 Å². The van der Waals surface area contributed by atoms with Crippen LogP contribution in [0, 0.1) is 13.8 Å². The summed E-state index contributed by atoms with van der Waals surface area (Å²) < 4.78 is 11.0. The van der Waals surface area contributed by atoms with E-state index in [0.29, 0.717) is 24.6 Å². The molecule has 0 unspecified atom stereocenters. The molecule has 1 N–H and O–H groups in total. The van der Waals surface area contributed by atoms with Crippen LogP contribution in [0.5, 0.6) is 11.5 Å². The van der Waals surface area contributed by atoms with Gasteiger partial charge in [-0.1, -0.05) is 6.07 Å². The monoisotopic (exact) mass is 304 g/mol. The van der Waals surface area contributed by atoms with Crippen LogP contribution in [0.1, 0.15) is 25.9 Å². The maximum absolute atomic E-state index is 12.1. The van der Waals surface area contributed by atoms with Gasteiger partial charge in [-0.2, -0.15) is 0 Å². The van der Waals surface area contributed by atoms with E-state index >= 15 is 0 Å². The zero-order chi connectivity index (χ0) is 14.8. The largest absolute Gasteiger partial charge is 0.486 e. The number of aryl methyl sites for hydroxylation is 2. The Labute approximate surface area is 126 Å². The highest BCUT2D eigenvalue weighted by atomic mass is 32.1. The number of hydrogen-bond acceptors (Lipinski definition) is 5. The molecule has 0 saturated carbocycles. The lowest BCUT2D eigenvalue weighted by Crippen LogP contribution is -2.23. The SMILES string of the molecule is Cc1nc(C)c(C(=O)NCc2ccc3c(c2)OCCO3)s1. The number of hydrogen-bond donors (Lipinski definition) is 1. The molecule has 0 saturated heterocycles. The minimum atomic E-state index is -0.0898. The van der Waals surface area contributed by atoms with E-state index in [4.69, 9.17) is 9.47 Å². The summed E-state index contributed by atoms with van der Waals surface area (Å²) in [5, 5.41) is 3.81. The summed E-state index contributed by atoms with van der Waals surface area (Å²) in [5.74, 6) is 1.40. The van der Waals surface area contributed by atoms with E-state index in [1.54, 1.807) is 0 Å². The highest BCUT2D eigenvalue weighted by Gasteiger charge is 2.15. The van der Waals surface area contributed by atoms with E-state index in [-0.39, 0.29) is 5.91 Å². The summed E-state index contributed by atoms with van der Waals surface area (Å²) in [4.78, 5) is 17.1. The highest BCUT2D eigenvalue weighted by Crippen LogP contribution is 2.30. The topological polar surface area (TPSA) is 60.5 Å². The van der Waals surface area contributed by atoms with Crippen molar-refractivity contribution in [2.45, 2.75) is 20.4 Å². The molecule has 6 heteroatoms. The lowest BCUT2D eigenvalue weighted by Gasteiger charge is -2.18. The minimum Gasteiger partial charge on any atom is -0.486 e. The van der Waals surface area contributed by atoms with Crippen molar-refractivity contribution in [1.82, 2.24) is 10.3 Å². The van der Waals surface area contributed by atoms with E-state index in [0.717, 1.165) is 27.8 Å². The Morgan fingerprint density at radius 2 is 2.05 bits per heavy atom. The van der Waals surface area contributed by atoms with Gasteiger partial charge in [-0.25, -0.2) is 4.98 Å². The van der Waals surface area contributed by atoms with Crippen molar-refractivity contribution in [3.05, 3.63) is 39.3 Å². The third kappa shape index (κ3) is 3.00. The van der Waals surface area contributed by atoms with Gasteiger partial charge in [0.2, 0.25) is 0 Å². The number of carbonyl (C=O) groups is 1. The number of benzene rings is 1. The maximum atomic E-state index is 12.1. The van der Waals surface area contributed by atoms with Crippen LogP contribution in [0.2, 0.25) is 0 Å². The zero-order valence-corrected chi connectivity index (χ0v) is 12.8. The van der Waals surface area contributed by atoms with Crippen molar-refractivity contribution in [3.8, 4) is 11.5 Å². The van der Waals surface area contributed by atoms with Crippen LogP contribution in [0.3, 0.4) is 0 Å². The number of thiazole rings is 1. The molecule has 1 aromatic carbocycles. The average molecular weight is 304 g/mol. The third-order valence-electron chi connectivity index (χ3n) is 3.17. The van der Waals surface area contributed by atoms with Gasteiger partial charge in [0, 0.05) is 6.54 Å². The van der Waals surface area contributed by atoms with Gasteiger partial charge in [0.05, 0.1) is 10.7 Å². The van der Waals surface area contributed by atoms with Crippen LogP contribution < -0.4 is 14.8 Å². The van der Waals surface area contributed by atoms with Gasteiger partial charge in [-0.15, -0.1) is 11.3 Å². The smallest absolute Gasteiger partial charge is 0.263 e. The molecule has 0 bridgehead atoms. The Kier molecular flexibility index (Phi) is 3.79. The van der Waals surface area contributed by atoms with Gasteiger partial charge in [-0.3, -0.25) is 4.79 Å². The molecule has 2 aromatic rings. The number of amides is 1. The molecule has 0 atom stereocenters. The molecule has 21 heavy (non-hydrogen) atoms. The number of fused-ring (bicyclic) bond motifs is 1. The molecule has 0 spiro atoms. The van der Waals surface area contributed by atoms with Crippen LogP contribution in [-0.2, 0) is 6.54 Å². The molecule has 1 aliphatic rings. The first-order valence-corrected chi connectivity index (χ1v) is 7.56. The van der Waals surface area contributed by atoms with Gasteiger partial charge in [0.15, 0.2) is 11.5 Å². The highest BCUT2D eigenvalue weighted by molar-refractivity contribution is 7.13. The predicted molar refractivity (Wildman–Crippen MR) is 80.2 cm³/mol. The van der Waals surface area contributed by atoms with Crippen molar-refractivity contribution in [2.75, 3.05) is 13.2 Å². The summed E-state index contributed by atoms with van der Waals surface area (Å²) in [6.07, 6.45) is 0. The van der Waals surface area contributed by atoms with E-state index < -0.39 is 0 Å². The first-order valence-electron chi connectivity index (χ1n) is 6.74. The molecule has 110 valence electrons. The molecule has 1 aliphatic heterocycles. The fraction of sp³-hybridized carbons (Fsp3) is 0.333. The first kappa shape index (κ1) is 13.9. The number of carbonyl (C=O) groups excluding carboxylic acids is 1. The minimum absolute atomic E-state index is 0.0898. The standard InChI is InChI=1S/C15H16N2O3S/c1-9-14(21-10(2)17-9)15(18)16-8-11-3-4-12-13(7-11)20-6-5-19-12/h3-4,7H,5-6,8H2,1-2H3,(H,16,18). The number of ether oxygens (including phenoxy) is 2. The second-order valence-corrected chi connectivity index (χ2v) is 6.01. The Bertz CT molecular complexity index is 682. The number of aromatic nitrogens is 1. The molecule has 0 fully saturated rings. The van der Waals surface area contributed by atoms with E-state index in [1.807, 2.05) is 32.0 Å². The predicted octanol–water partition coefficient (Wildman–Crippen LogP) is 2.46. The lowest BCUT2D eigenvalue weighted by atomic mass is 10.2. The first-order chi connectivity index (χ1) is 10.1. The molecule has 1 aromatic heterocycles. The van der Waals surface area contributed by atoms with Gasteiger partial charge >= 0.3 is 0 Å².